The normalized spacial score (nSPS) is 12.5. The molecule has 8 nitrogen and oxygen atoms in total. The fourth-order valence-corrected chi connectivity index (χ4v) is 2.66. The van der Waals surface area contributed by atoms with Gasteiger partial charge in [0.25, 0.3) is 5.69 Å². The summed E-state index contributed by atoms with van der Waals surface area (Å²) >= 11 is 0. The molecular weight excluding hydrogens is 371 g/mol. The van der Waals surface area contributed by atoms with E-state index in [0.717, 1.165) is 6.07 Å². The minimum atomic E-state index is -2.51. The van der Waals surface area contributed by atoms with E-state index in [-0.39, 0.29) is 12.2 Å². The van der Waals surface area contributed by atoms with Gasteiger partial charge in [0.1, 0.15) is 12.4 Å². The summed E-state index contributed by atoms with van der Waals surface area (Å²) in [5.41, 5.74) is -3.42. The highest BCUT2D eigenvalue weighted by atomic mass is 19.1. The van der Waals surface area contributed by atoms with Crippen molar-refractivity contribution in [2.45, 2.75) is 25.4 Å². The molecule has 0 aliphatic rings. The van der Waals surface area contributed by atoms with Gasteiger partial charge in [0, 0.05) is 0 Å². The molecule has 144 valence electrons. The number of nitro benzene ring substituents is 1. The Morgan fingerprint density at radius 2 is 1.96 bits per heavy atom. The molecule has 1 N–H and O–H groups in total. The highest BCUT2D eigenvalue weighted by Crippen LogP contribution is 2.37. The number of nitriles is 1. The lowest BCUT2D eigenvalue weighted by Gasteiger charge is -2.23. The maximum atomic E-state index is 13.8. The SMILES string of the molecule is Cc1cc(C(C#N)(CC(=O)O)C(=O)OCc2ccccc2)c([N+](=O)[O-])cc1F. The van der Waals surface area contributed by atoms with Crippen molar-refractivity contribution in [2.24, 2.45) is 0 Å². The van der Waals surface area contributed by atoms with Crippen LogP contribution in [0, 0.1) is 34.2 Å². The van der Waals surface area contributed by atoms with Gasteiger partial charge in [-0.05, 0) is 24.1 Å². The molecule has 2 rings (SSSR count). The monoisotopic (exact) mass is 386 g/mol. The number of ether oxygens (including phenoxy) is 1. The van der Waals surface area contributed by atoms with Crippen molar-refractivity contribution in [3.63, 3.8) is 0 Å². The molecule has 0 aromatic heterocycles. The summed E-state index contributed by atoms with van der Waals surface area (Å²) in [7, 11) is 0. The van der Waals surface area contributed by atoms with E-state index in [1.807, 2.05) is 0 Å². The summed E-state index contributed by atoms with van der Waals surface area (Å²) < 4.78 is 18.9. The van der Waals surface area contributed by atoms with Crippen LogP contribution in [0.2, 0.25) is 0 Å². The second-order valence-electron chi connectivity index (χ2n) is 6.03. The summed E-state index contributed by atoms with van der Waals surface area (Å²) in [6, 6.07) is 11.4. The van der Waals surface area contributed by atoms with Crippen molar-refractivity contribution in [1.82, 2.24) is 0 Å². The lowest BCUT2D eigenvalue weighted by atomic mass is 9.77. The number of esters is 1. The Morgan fingerprint density at radius 3 is 2.50 bits per heavy atom. The van der Waals surface area contributed by atoms with Crippen LogP contribution in [0.4, 0.5) is 10.1 Å². The summed E-state index contributed by atoms with van der Waals surface area (Å²) in [6.07, 6.45) is -1.08. The third kappa shape index (κ3) is 4.12. The van der Waals surface area contributed by atoms with Gasteiger partial charge in [-0.1, -0.05) is 30.3 Å². The number of aliphatic carboxylic acids is 1. The largest absolute Gasteiger partial charge is 0.481 e. The molecule has 0 heterocycles. The first-order valence-electron chi connectivity index (χ1n) is 8.00. The lowest BCUT2D eigenvalue weighted by Crippen LogP contribution is -2.39. The van der Waals surface area contributed by atoms with E-state index in [1.54, 1.807) is 36.4 Å². The zero-order valence-corrected chi connectivity index (χ0v) is 14.7. The third-order valence-corrected chi connectivity index (χ3v) is 4.10. The van der Waals surface area contributed by atoms with E-state index in [1.165, 1.54) is 6.92 Å². The molecule has 1 unspecified atom stereocenters. The number of nitrogens with zero attached hydrogens (tertiary/aromatic N) is 2. The quantitative estimate of drug-likeness (QED) is 0.439. The summed E-state index contributed by atoms with van der Waals surface area (Å²) in [5, 5.41) is 30.3. The molecule has 1 atom stereocenters. The van der Waals surface area contributed by atoms with Crippen LogP contribution in [0.5, 0.6) is 0 Å². The smallest absolute Gasteiger partial charge is 0.332 e. The van der Waals surface area contributed by atoms with Crippen LogP contribution in [0.1, 0.15) is 23.1 Å². The second-order valence-corrected chi connectivity index (χ2v) is 6.03. The lowest BCUT2D eigenvalue weighted by molar-refractivity contribution is -0.386. The van der Waals surface area contributed by atoms with Crippen LogP contribution in [0.15, 0.2) is 42.5 Å². The zero-order valence-electron chi connectivity index (χ0n) is 14.7. The Labute approximate surface area is 158 Å². The number of halogens is 1. The summed E-state index contributed by atoms with van der Waals surface area (Å²) in [6.45, 7) is 1.01. The Hall–Kier alpha value is -3.80. The van der Waals surface area contributed by atoms with E-state index < -0.39 is 45.8 Å². The second kappa shape index (κ2) is 8.26. The topological polar surface area (TPSA) is 131 Å². The third-order valence-electron chi connectivity index (χ3n) is 4.10. The first kappa shape index (κ1) is 20.5. The molecule has 0 aliphatic carbocycles. The standard InChI is InChI=1S/C19H15FN2O6/c1-12-7-14(16(22(26)27)8-15(12)20)19(11-21,9-17(23)24)18(25)28-10-13-5-3-2-4-6-13/h2-8H,9-10H2,1H3,(H,23,24). The maximum absolute atomic E-state index is 13.8. The van der Waals surface area contributed by atoms with Crippen LogP contribution >= 0.6 is 0 Å². The molecule has 9 heteroatoms. The van der Waals surface area contributed by atoms with Gasteiger partial charge in [-0.25, -0.2) is 9.18 Å². The van der Waals surface area contributed by atoms with Crippen molar-refractivity contribution >= 4 is 17.6 Å². The first-order valence-corrected chi connectivity index (χ1v) is 8.00. The molecule has 0 aliphatic heterocycles. The number of aryl methyl sites for hydroxylation is 1. The van der Waals surface area contributed by atoms with Crippen molar-refractivity contribution < 1.29 is 28.7 Å². The fourth-order valence-electron chi connectivity index (χ4n) is 2.66. The van der Waals surface area contributed by atoms with Gasteiger partial charge in [-0.3, -0.25) is 14.9 Å². The number of carboxylic acid groups (broad SMARTS) is 1. The van der Waals surface area contributed by atoms with E-state index in [4.69, 9.17) is 4.74 Å². The van der Waals surface area contributed by atoms with Gasteiger partial charge in [-0.15, -0.1) is 0 Å². The van der Waals surface area contributed by atoms with Crippen molar-refractivity contribution in [2.75, 3.05) is 0 Å². The van der Waals surface area contributed by atoms with Gasteiger partial charge in [0.05, 0.1) is 29.0 Å². The van der Waals surface area contributed by atoms with Crippen LogP contribution in [-0.4, -0.2) is 22.0 Å². The van der Waals surface area contributed by atoms with E-state index in [9.17, 15) is 34.5 Å². The molecule has 0 saturated carbocycles. The predicted octanol–water partition coefficient (Wildman–Crippen LogP) is 3.02. The Morgan fingerprint density at radius 1 is 1.32 bits per heavy atom. The molecule has 0 fully saturated rings. The van der Waals surface area contributed by atoms with Gasteiger partial charge >= 0.3 is 11.9 Å². The summed E-state index contributed by atoms with van der Waals surface area (Å²) in [5.74, 6) is -3.74. The number of hydrogen-bond donors (Lipinski definition) is 1. The molecule has 28 heavy (non-hydrogen) atoms. The molecular formula is C19H15FN2O6. The Balaban J connectivity index is 2.56. The molecule has 0 bridgehead atoms. The average Bonchev–Trinajstić information content (AvgIpc) is 2.66. The number of rotatable bonds is 7. The molecule has 0 radical (unpaired) electrons. The van der Waals surface area contributed by atoms with Gasteiger partial charge in [-0.2, -0.15) is 5.26 Å². The van der Waals surface area contributed by atoms with Crippen LogP contribution < -0.4 is 0 Å². The van der Waals surface area contributed by atoms with Gasteiger partial charge < -0.3 is 9.84 Å². The fraction of sp³-hybridized carbons (Fsp3) is 0.211. The number of carboxylic acids is 1. The Kier molecular flexibility index (Phi) is 6.05. The molecule has 2 aromatic rings. The molecule has 2 aromatic carbocycles. The van der Waals surface area contributed by atoms with E-state index >= 15 is 0 Å². The van der Waals surface area contributed by atoms with E-state index in [0.29, 0.717) is 11.6 Å². The average molecular weight is 386 g/mol. The van der Waals surface area contributed by atoms with Gasteiger partial charge in [0.2, 0.25) is 0 Å². The zero-order chi connectivity index (χ0) is 20.9. The molecule has 0 spiro atoms. The number of nitro groups is 1. The van der Waals surface area contributed by atoms with Crippen LogP contribution in [-0.2, 0) is 26.3 Å². The number of carbonyl (C=O) groups is 2. The number of carbonyl (C=O) groups excluding carboxylic acids is 1. The maximum Gasteiger partial charge on any atom is 0.332 e. The number of hydrogen-bond acceptors (Lipinski definition) is 6. The van der Waals surface area contributed by atoms with Crippen molar-refractivity contribution in [1.29, 1.82) is 5.26 Å². The molecule has 0 saturated heterocycles. The highest BCUT2D eigenvalue weighted by molar-refractivity contribution is 5.93. The minimum absolute atomic E-state index is 0.0820. The number of benzene rings is 2. The van der Waals surface area contributed by atoms with Crippen LogP contribution in [0.3, 0.4) is 0 Å². The predicted molar refractivity (Wildman–Crippen MR) is 93.6 cm³/mol. The molecule has 0 amide bonds. The van der Waals surface area contributed by atoms with Gasteiger partial charge in [0.15, 0.2) is 5.41 Å². The first-order chi connectivity index (χ1) is 13.2. The Bertz CT molecular complexity index is 970. The van der Waals surface area contributed by atoms with Crippen molar-refractivity contribution in [3.8, 4) is 6.07 Å². The highest BCUT2D eigenvalue weighted by Gasteiger charge is 2.49. The van der Waals surface area contributed by atoms with Crippen molar-refractivity contribution in [3.05, 3.63) is 75.1 Å². The van der Waals surface area contributed by atoms with Crippen LogP contribution in [0.25, 0.3) is 0 Å². The van der Waals surface area contributed by atoms with E-state index in [2.05, 4.69) is 0 Å². The minimum Gasteiger partial charge on any atom is -0.481 e. The summed E-state index contributed by atoms with van der Waals surface area (Å²) in [4.78, 5) is 34.5.